The van der Waals surface area contributed by atoms with Crippen molar-refractivity contribution >= 4 is 28.7 Å². The summed E-state index contributed by atoms with van der Waals surface area (Å²) in [6, 6.07) is 0. The molecule has 0 radical (unpaired) electrons. The van der Waals surface area contributed by atoms with E-state index in [2.05, 4.69) is 17.1 Å². The molecule has 0 heterocycles. The van der Waals surface area contributed by atoms with Gasteiger partial charge >= 0.3 is 22.8 Å². The van der Waals surface area contributed by atoms with Gasteiger partial charge in [-0.05, 0) is 39.3 Å². The molecule has 1 amide bonds. The molecule has 0 aromatic carbocycles. The van der Waals surface area contributed by atoms with Gasteiger partial charge in [-0.25, -0.2) is 0 Å². The number of carbonyl (C=O) groups is 1. The summed E-state index contributed by atoms with van der Waals surface area (Å²) in [7, 11) is -10.7. The van der Waals surface area contributed by atoms with Gasteiger partial charge < -0.3 is 53.8 Å². The van der Waals surface area contributed by atoms with Crippen LogP contribution >= 0.6 is 22.8 Å². The molecule has 318 valence electrons. The van der Waals surface area contributed by atoms with Crippen LogP contribution in [0.3, 0.4) is 0 Å². The van der Waals surface area contributed by atoms with Crippen LogP contribution in [0.5, 0.6) is 0 Å². The summed E-state index contributed by atoms with van der Waals surface area (Å²) >= 11 is 0. The standard InChI is InChI=1S/C35H75N2O13P3/c1-3-4-5-6-7-8-9-10-11-12-13-14-15-16-17-18-23-37(2)24-22-34(38)36-35(31-48-25-19-28-51(39,40)41,32-49-26-20-29-52(42,43)44)33-50-27-21-30-53(45,46)47/h3-33H2,1-2H3,(H,36,38)(H2,39,40,41)(H2,42,43,44)(H2,45,46,47). The fourth-order valence-corrected chi connectivity index (χ4v) is 7.47. The number of rotatable bonds is 39. The van der Waals surface area contributed by atoms with E-state index in [1.165, 1.54) is 89.9 Å². The predicted molar refractivity (Wildman–Crippen MR) is 210 cm³/mol. The summed E-state index contributed by atoms with van der Waals surface area (Å²) in [4.78, 5) is 70.3. The van der Waals surface area contributed by atoms with Crippen molar-refractivity contribution in [3.63, 3.8) is 0 Å². The number of hydrogen-bond donors (Lipinski definition) is 7. The lowest BCUT2D eigenvalue weighted by molar-refractivity contribution is -0.128. The number of nitrogens with one attached hydrogen (secondary N) is 1. The van der Waals surface area contributed by atoms with Crippen LogP contribution in [0.4, 0.5) is 0 Å². The molecule has 7 N–H and O–H groups in total. The summed E-state index contributed by atoms with van der Waals surface area (Å²) < 4.78 is 50.9. The van der Waals surface area contributed by atoms with Crippen LogP contribution in [0, 0.1) is 0 Å². The van der Waals surface area contributed by atoms with E-state index in [-0.39, 0.29) is 89.7 Å². The Morgan fingerprint density at radius 1 is 0.528 bits per heavy atom. The van der Waals surface area contributed by atoms with Crippen molar-refractivity contribution in [3.8, 4) is 0 Å². The summed E-state index contributed by atoms with van der Waals surface area (Å²) in [6.07, 6.45) is 20.0. The Kier molecular flexibility index (Phi) is 31.7. The number of hydrogen-bond acceptors (Lipinski definition) is 8. The summed E-state index contributed by atoms with van der Waals surface area (Å²) in [5, 5.41) is 2.93. The van der Waals surface area contributed by atoms with Crippen LogP contribution in [0.1, 0.15) is 135 Å². The van der Waals surface area contributed by atoms with Crippen LogP contribution in [0.25, 0.3) is 0 Å². The first kappa shape index (κ1) is 52.8. The number of unbranched alkanes of at least 4 members (excludes halogenated alkanes) is 15. The fourth-order valence-electron chi connectivity index (χ4n) is 5.85. The third-order valence-electron chi connectivity index (χ3n) is 8.87. The molecule has 0 aromatic heterocycles. The predicted octanol–water partition coefficient (Wildman–Crippen LogP) is 6.18. The Labute approximate surface area is 319 Å². The molecule has 0 aliphatic carbocycles. The van der Waals surface area contributed by atoms with Crippen LogP contribution in [0.2, 0.25) is 0 Å². The summed E-state index contributed by atoms with van der Waals surface area (Å²) in [6.45, 7) is 3.04. The zero-order valence-electron chi connectivity index (χ0n) is 32.8. The monoisotopic (exact) mass is 824 g/mol. The van der Waals surface area contributed by atoms with Crippen molar-refractivity contribution in [3.05, 3.63) is 0 Å². The molecule has 0 aliphatic heterocycles. The van der Waals surface area contributed by atoms with Crippen LogP contribution in [0.15, 0.2) is 0 Å². The first-order valence-electron chi connectivity index (χ1n) is 19.8. The number of nitrogens with zero attached hydrogens (tertiary/aromatic N) is 1. The Morgan fingerprint density at radius 3 is 1.17 bits per heavy atom. The normalized spacial score (nSPS) is 12.9. The van der Waals surface area contributed by atoms with Crippen molar-refractivity contribution in [2.24, 2.45) is 0 Å². The highest BCUT2D eigenvalue weighted by Crippen LogP contribution is 2.36. The number of ether oxygens (including phenoxy) is 3. The van der Waals surface area contributed by atoms with E-state index in [0.29, 0.717) is 6.54 Å². The molecule has 0 fully saturated rings. The average Bonchev–Trinajstić information content (AvgIpc) is 3.05. The van der Waals surface area contributed by atoms with Gasteiger partial charge in [-0.2, -0.15) is 0 Å². The third kappa shape index (κ3) is 38.4. The maximum absolute atomic E-state index is 13.2. The van der Waals surface area contributed by atoms with Crippen LogP contribution < -0.4 is 5.32 Å². The van der Waals surface area contributed by atoms with E-state index >= 15 is 0 Å². The Bertz CT molecular complexity index is 960. The first-order chi connectivity index (χ1) is 25.0. The minimum absolute atomic E-state index is 0.0266. The topological polar surface area (TPSA) is 233 Å². The van der Waals surface area contributed by atoms with Gasteiger partial charge in [0, 0.05) is 32.8 Å². The highest BCUT2D eigenvalue weighted by Gasteiger charge is 2.34. The van der Waals surface area contributed by atoms with Crippen LogP contribution in [-0.4, -0.2) is 124 Å². The lowest BCUT2D eigenvalue weighted by Crippen LogP contribution is -2.59. The third-order valence-corrected chi connectivity index (χ3v) is 11.6. The SMILES string of the molecule is CCCCCCCCCCCCCCCCCCN(C)CCC(=O)NC(COCCCP(=O)(O)O)(COCCCP(=O)(O)O)COCCCP(=O)(O)O. The Balaban J connectivity index is 4.79. The first-order valence-corrected chi connectivity index (χ1v) is 25.2. The molecular weight excluding hydrogens is 749 g/mol. The van der Waals surface area contributed by atoms with Gasteiger partial charge in [0.25, 0.3) is 0 Å². The van der Waals surface area contributed by atoms with Gasteiger partial charge in [0.1, 0.15) is 5.54 Å². The van der Waals surface area contributed by atoms with Crippen molar-refractivity contribution in [2.45, 2.75) is 141 Å². The molecule has 0 aromatic rings. The second kappa shape index (κ2) is 31.8. The van der Waals surface area contributed by atoms with Crippen molar-refractivity contribution < 1.29 is 62.1 Å². The van der Waals surface area contributed by atoms with E-state index in [9.17, 15) is 18.5 Å². The second-order valence-electron chi connectivity index (χ2n) is 14.6. The lowest BCUT2D eigenvalue weighted by atomic mass is 10.0. The number of amides is 1. The molecule has 15 nitrogen and oxygen atoms in total. The van der Waals surface area contributed by atoms with Gasteiger partial charge in [0.05, 0.1) is 38.3 Å². The molecular formula is C35H75N2O13P3. The molecule has 0 rings (SSSR count). The zero-order valence-corrected chi connectivity index (χ0v) is 35.4. The molecule has 0 aliphatic rings. The van der Waals surface area contributed by atoms with Gasteiger partial charge in [-0.15, -0.1) is 0 Å². The van der Waals surface area contributed by atoms with Crippen molar-refractivity contribution in [2.75, 3.05) is 78.3 Å². The van der Waals surface area contributed by atoms with Gasteiger partial charge in [0.15, 0.2) is 0 Å². The highest BCUT2D eigenvalue weighted by atomic mass is 31.2. The minimum atomic E-state index is -4.22. The second-order valence-corrected chi connectivity index (χ2v) is 19.9. The Morgan fingerprint density at radius 2 is 0.849 bits per heavy atom. The molecule has 0 saturated carbocycles. The average molecular weight is 825 g/mol. The molecule has 0 bridgehead atoms. The van der Waals surface area contributed by atoms with E-state index < -0.39 is 28.3 Å². The van der Waals surface area contributed by atoms with Crippen molar-refractivity contribution in [1.82, 2.24) is 10.2 Å². The van der Waals surface area contributed by atoms with Gasteiger partial charge in [-0.1, -0.05) is 103 Å². The smallest absolute Gasteiger partial charge is 0.325 e. The lowest BCUT2D eigenvalue weighted by Gasteiger charge is -2.34. The van der Waals surface area contributed by atoms with E-state index in [4.69, 9.17) is 43.6 Å². The van der Waals surface area contributed by atoms with Crippen molar-refractivity contribution in [1.29, 1.82) is 0 Å². The zero-order chi connectivity index (χ0) is 39.9. The summed E-state index contributed by atoms with van der Waals surface area (Å²) in [5.74, 6) is -0.319. The van der Waals surface area contributed by atoms with E-state index in [0.717, 1.165) is 19.4 Å². The maximum atomic E-state index is 13.2. The van der Waals surface area contributed by atoms with Gasteiger partial charge in [-0.3, -0.25) is 18.5 Å². The molecule has 0 spiro atoms. The van der Waals surface area contributed by atoms with Gasteiger partial charge in [0.2, 0.25) is 5.91 Å². The molecule has 53 heavy (non-hydrogen) atoms. The maximum Gasteiger partial charge on any atom is 0.325 e. The molecule has 0 atom stereocenters. The molecule has 18 heteroatoms. The number of carbonyl (C=O) groups excluding carboxylic acids is 1. The summed E-state index contributed by atoms with van der Waals surface area (Å²) in [5.41, 5.74) is -1.28. The fraction of sp³-hybridized carbons (Fsp3) is 0.971. The Hall–Kier alpha value is -0.240. The van der Waals surface area contributed by atoms with E-state index in [1.54, 1.807) is 0 Å². The van der Waals surface area contributed by atoms with E-state index in [1.807, 2.05) is 7.05 Å². The molecule has 0 saturated heterocycles. The highest BCUT2D eigenvalue weighted by molar-refractivity contribution is 7.52. The molecule has 0 unspecified atom stereocenters. The minimum Gasteiger partial charge on any atom is -0.379 e. The quantitative estimate of drug-likeness (QED) is 0.0271. The largest absolute Gasteiger partial charge is 0.379 e. The van der Waals surface area contributed by atoms with Crippen LogP contribution in [-0.2, 0) is 32.7 Å².